The number of hydrogen-bond donors (Lipinski definition) is 2. The molecule has 1 amide bonds. The van der Waals surface area contributed by atoms with Crippen LogP contribution < -0.4 is 5.32 Å². The summed E-state index contributed by atoms with van der Waals surface area (Å²) in [5.74, 6) is -3.35. The first-order valence-corrected chi connectivity index (χ1v) is 6.50. The van der Waals surface area contributed by atoms with Gasteiger partial charge in [-0.05, 0) is 31.0 Å². The summed E-state index contributed by atoms with van der Waals surface area (Å²) < 4.78 is 13.0. The van der Waals surface area contributed by atoms with Crippen molar-refractivity contribution in [3.05, 3.63) is 41.2 Å². The molecule has 0 fully saturated rings. The molecule has 0 saturated heterocycles. The fraction of sp³-hybridized carbons (Fsp3) is 0.286. The van der Waals surface area contributed by atoms with Crippen LogP contribution in [0.5, 0.6) is 0 Å². The van der Waals surface area contributed by atoms with Crippen LogP contribution in [-0.2, 0) is 9.59 Å². The Kier molecular flexibility index (Phi) is 4.39. The van der Waals surface area contributed by atoms with E-state index in [4.69, 9.17) is 16.7 Å². The van der Waals surface area contributed by atoms with E-state index in [9.17, 15) is 14.0 Å². The van der Waals surface area contributed by atoms with Crippen LogP contribution in [0.3, 0.4) is 0 Å². The summed E-state index contributed by atoms with van der Waals surface area (Å²) in [7, 11) is 0. The van der Waals surface area contributed by atoms with Crippen LogP contribution in [0, 0.1) is 17.7 Å². The highest BCUT2D eigenvalue weighted by atomic mass is 35.5. The molecule has 106 valence electrons. The summed E-state index contributed by atoms with van der Waals surface area (Å²) in [5, 5.41) is 11.6. The highest BCUT2D eigenvalue weighted by Gasteiger charge is 2.33. The highest BCUT2D eigenvalue weighted by molar-refractivity contribution is 6.31. The Bertz CT molecular complexity index is 574. The predicted molar refractivity (Wildman–Crippen MR) is 73.0 cm³/mol. The minimum absolute atomic E-state index is 0.0962. The van der Waals surface area contributed by atoms with Gasteiger partial charge in [0.15, 0.2) is 0 Å². The van der Waals surface area contributed by atoms with E-state index in [2.05, 4.69) is 5.32 Å². The molecule has 0 aliphatic heterocycles. The molecule has 0 heterocycles. The number of allylic oxidation sites excluding steroid dienone is 2. The third kappa shape index (κ3) is 3.17. The summed E-state index contributed by atoms with van der Waals surface area (Å²) in [4.78, 5) is 23.3. The Morgan fingerprint density at radius 1 is 1.25 bits per heavy atom. The van der Waals surface area contributed by atoms with Gasteiger partial charge in [-0.3, -0.25) is 9.59 Å². The number of aliphatic carboxylic acids is 1. The van der Waals surface area contributed by atoms with Crippen molar-refractivity contribution >= 4 is 29.2 Å². The molecule has 0 saturated carbocycles. The number of carbonyl (C=O) groups excluding carboxylic acids is 1. The molecule has 0 spiro atoms. The second-order valence-electron chi connectivity index (χ2n) is 4.61. The predicted octanol–water partition coefficient (Wildman–Crippen LogP) is 3.08. The third-order valence-corrected chi connectivity index (χ3v) is 3.56. The van der Waals surface area contributed by atoms with Crippen LogP contribution in [-0.4, -0.2) is 17.0 Å². The number of rotatable bonds is 3. The molecule has 6 heteroatoms. The summed E-state index contributed by atoms with van der Waals surface area (Å²) in [5.41, 5.74) is 0.347. The van der Waals surface area contributed by atoms with Gasteiger partial charge in [0, 0.05) is 5.69 Å². The summed E-state index contributed by atoms with van der Waals surface area (Å²) >= 11 is 5.63. The summed E-state index contributed by atoms with van der Waals surface area (Å²) in [6, 6.07) is 3.82. The molecule has 0 bridgehead atoms. The van der Waals surface area contributed by atoms with Crippen molar-refractivity contribution in [3.8, 4) is 0 Å². The number of halogens is 2. The lowest BCUT2D eigenvalue weighted by Crippen LogP contribution is -2.34. The van der Waals surface area contributed by atoms with Gasteiger partial charge < -0.3 is 10.4 Å². The topological polar surface area (TPSA) is 66.4 Å². The van der Waals surface area contributed by atoms with Gasteiger partial charge in [-0.25, -0.2) is 4.39 Å². The molecule has 2 rings (SSSR count). The Balaban J connectivity index is 2.12. The van der Waals surface area contributed by atoms with Gasteiger partial charge in [-0.1, -0.05) is 23.8 Å². The maximum Gasteiger partial charge on any atom is 0.307 e. The number of nitrogens with one attached hydrogen (secondary N) is 1. The minimum atomic E-state index is -0.994. The molecule has 2 atom stereocenters. The Morgan fingerprint density at radius 3 is 2.50 bits per heavy atom. The fourth-order valence-electron chi connectivity index (χ4n) is 2.19. The number of hydrogen-bond acceptors (Lipinski definition) is 2. The Morgan fingerprint density at radius 2 is 1.90 bits per heavy atom. The molecule has 0 radical (unpaired) electrons. The van der Waals surface area contributed by atoms with Crippen LogP contribution >= 0.6 is 11.6 Å². The van der Waals surface area contributed by atoms with Gasteiger partial charge in [-0.2, -0.15) is 0 Å². The van der Waals surface area contributed by atoms with E-state index in [1.165, 1.54) is 12.1 Å². The largest absolute Gasteiger partial charge is 0.481 e. The number of carboxylic acids is 1. The lowest BCUT2D eigenvalue weighted by molar-refractivity contribution is -0.146. The maximum absolute atomic E-state index is 13.0. The quantitative estimate of drug-likeness (QED) is 0.843. The molecular weight excluding hydrogens is 285 g/mol. The molecule has 1 aromatic carbocycles. The first kappa shape index (κ1) is 14.5. The normalized spacial score (nSPS) is 21.5. The van der Waals surface area contributed by atoms with Gasteiger partial charge >= 0.3 is 5.97 Å². The fourth-order valence-corrected chi connectivity index (χ4v) is 2.37. The van der Waals surface area contributed by atoms with E-state index in [0.717, 1.165) is 6.07 Å². The van der Waals surface area contributed by atoms with Crippen molar-refractivity contribution in [1.29, 1.82) is 0 Å². The SMILES string of the molecule is O=C(O)C1CC=CCC1C(=O)Nc1ccc(F)c(Cl)c1. The standard InChI is InChI=1S/C14H13ClFNO3/c15-11-7-8(5-6-12(11)16)17-13(18)9-3-1-2-4-10(9)14(19)20/h1-2,5-7,9-10H,3-4H2,(H,17,18)(H,19,20). The van der Waals surface area contributed by atoms with E-state index in [-0.39, 0.29) is 5.02 Å². The van der Waals surface area contributed by atoms with E-state index >= 15 is 0 Å². The van der Waals surface area contributed by atoms with Crippen molar-refractivity contribution in [3.63, 3.8) is 0 Å². The van der Waals surface area contributed by atoms with Crippen molar-refractivity contribution in [2.45, 2.75) is 12.8 Å². The van der Waals surface area contributed by atoms with Crippen LogP contribution in [0.2, 0.25) is 5.02 Å². The monoisotopic (exact) mass is 297 g/mol. The van der Waals surface area contributed by atoms with Gasteiger partial charge in [0.1, 0.15) is 5.82 Å². The zero-order valence-corrected chi connectivity index (χ0v) is 11.2. The number of carbonyl (C=O) groups is 2. The zero-order valence-electron chi connectivity index (χ0n) is 10.5. The second-order valence-corrected chi connectivity index (χ2v) is 5.02. The van der Waals surface area contributed by atoms with E-state index in [1.54, 1.807) is 12.2 Å². The number of benzene rings is 1. The van der Waals surface area contributed by atoms with E-state index in [0.29, 0.717) is 18.5 Å². The zero-order chi connectivity index (χ0) is 14.7. The highest BCUT2D eigenvalue weighted by Crippen LogP contribution is 2.28. The smallest absolute Gasteiger partial charge is 0.307 e. The van der Waals surface area contributed by atoms with Crippen LogP contribution in [0.25, 0.3) is 0 Å². The summed E-state index contributed by atoms with van der Waals surface area (Å²) in [6.07, 6.45) is 4.26. The molecular formula is C14H13ClFNO3. The number of carboxylic acid groups (broad SMARTS) is 1. The van der Waals surface area contributed by atoms with Crippen LogP contribution in [0.4, 0.5) is 10.1 Å². The van der Waals surface area contributed by atoms with Crippen molar-refractivity contribution in [2.75, 3.05) is 5.32 Å². The van der Waals surface area contributed by atoms with Gasteiger partial charge in [-0.15, -0.1) is 0 Å². The van der Waals surface area contributed by atoms with Crippen LogP contribution in [0.15, 0.2) is 30.4 Å². The van der Waals surface area contributed by atoms with Gasteiger partial charge in [0.05, 0.1) is 16.9 Å². The van der Waals surface area contributed by atoms with Crippen molar-refractivity contribution in [2.24, 2.45) is 11.8 Å². The van der Waals surface area contributed by atoms with Gasteiger partial charge in [0.2, 0.25) is 5.91 Å². The molecule has 4 nitrogen and oxygen atoms in total. The summed E-state index contributed by atoms with van der Waals surface area (Å²) in [6.45, 7) is 0. The average molecular weight is 298 g/mol. The lowest BCUT2D eigenvalue weighted by Gasteiger charge is -2.24. The molecule has 0 aromatic heterocycles. The molecule has 2 N–H and O–H groups in total. The molecule has 20 heavy (non-hydrogen) atoms. The van der Waals surface area contributed by atoms with E-state index in [1.807, 2.05) is 0 Å². The average Bonchev–Trinajstić information content (AvgIpc) is 2.43. The van der Waals surface area contributed by atoms with Gasteiger partial charge in [0.25, 0.3) is 0 Å². The molecule has 1 aromatic rings. The second kappa shape index (κ2) is 6.05. The Labute approximate surface area is 120 Å². The van der Waals surface area contributed by atoms with Crippen molar-refractivity contribution < 1.29 is 19.1 Å². The molecule has 1 aliphatic rings. The first-order chi connectivity index (χ1) is 9.49. The van der Waals surface area contributed by atoms with E-state index < -0.39 is 29.5 Å². The minimum Gasteiger partial charge on any atom is -0.481 e. The number of amides is 1. The van der Waals surface area contributed by atoms with Crippen LogP contribution in [0.1, 0.15) is 12.8 Å². The van der Waals surface area contributed by atoms with Crippen molar-refractivity contribution in [1.82, 2.24) is 0 Å². The number of anilines is 1. The third-order valence-electron chi connectivity index (χ3n) is 3.27. The molecule has 2 unspecified atom stereocenters. The molecule has 1 aliphatic carbocycles. The first-order valence-electron chi connectivity index (χ1n) is 6.12. The Hall–Kier alpha value is -1.88. The lowest BCUT2D eigenvalue weighted by atomic mass is 9.82. The maximum atomic E-state index is 13.0.